The number of hydrogen-bond acceptors (Lipinski definition) is 2. The molecule has 1 saturated heterocycles. The van der Waals surface area contributed by atoms with E-state index in [-0.39, 0.29) is 0 Å². The lowest BCUT2D eigenvalue weighted by Crippen LogP contribution is -2.35. The van der Waals surface area contributed by atoms with Crippen molar-refractivity contribution in [2.45, 2.75) is 51.1 Å². The maximum absolute atomic E-state index is 3.73. The van der Waals surface area contributed by atoms with Crippen LogP contribution in [0.5, 0.6) is 0 Å². The molecule has 1 aliphatic carbocycles. The Bertz CT molecular complexity index is 403. The Morgan fingerprint density at radius 2 is 2.10 bits per heavy atom. The van der Waals surface area contributed by atoms with Crippen molar-refractivity contribution in [2.75, 3.05) is 19.6 Å². The van der Waals surface area contributed by atoms with Gasteiger partial charge in [-0.1, -0.05) is 37.3 Å². The van der Waals surface area contributed by atoms with Gasteiger partial charge in [0.2, 0.25) is 0 Å². The highest BCUT2D eigenvalue weighted by molar-refractivity contribution is 5.18. The first-order valence-corrected chi connectivity index (χ1v) is 8.39. The van der Waals surface area contributed by atoms with Crippen molar-refractivity contribution in [3.63, 3.8) is 0 Å². The molecule has 1 heterocycles. The second-order valence-corrected chi connectivity index (χ2v) is 6.53. The molecule has 3 rings (SSSR count). The van der Waals surface area contributed by atoms with Gasteiger partial charge in [0.05, 0.1) is 0 Å². The largest absolute Gasteiger partial charge is 0.310 e. The van der Waals surface area contributed by atoms with E-state index in [1.807, 2.05) is 0 Å². The van der Waals surface area contributed by atoms with Crippen molar-refractivity contribution in [3.8, 4) is 0 Å². The molecule has 2 heteroatoms. The van der Waals surface area contributed by atoms with Gasteiger partial charge in [-0.05, 0) is 50.1 Å². The third-order valence-corrected chi connectivity index (χ3v) is 5.07. The molecule has 0 radical (unpaired) electrons. The molecule has 1 aromatic rings. The smallest absolute Gasteiger partial charge is 0.0332 e. The summed E-state index contributed by atoms with van der Waals surface area (Å²) in [5.74, 6) is 1.01. The van der Waals surface area contributed by atoms with E-state index >= 15 is 0 Å². The summed E-state index contributed by atoms with van der Waals surface area (Å²) in [7, 11) is 0. The van der Waals surface area contributed by atoms with Gasteiger partial charge in [0, 0.05) is 25.2 Å². The third-order valence-electron chi connectivity index (χ3n) is 5.07. The summed E-state index contributed by atoms with van der Waals surface area (Å²) in [6.45, 7) is 5.98. The van der Waals surface area contributed by atoms with Crippen LogP contribution in [0.4, 0.5) is 0 Å². The average Bonchev–Trinajstić information content (AvgIpc) is 3.11. The van der Waals surface area contributed by atoms with Crippen molar-refractivity contribution < 1.29 is 0 Å². The number of piperidine rings is 1. The van der Waals surface area contributed by atoms with Crippen LogP contribution in [-0.2, 0) is 0 Å². The highest BCUT2D eigenvalue weighted by atomic mass is 15.2. The fourth-order valence-electron chi connectivity index (χ4n) is 3.99. The summed E-state index contributed by atoms with van der Waals surface area (Å²) in [4.78, 5) is 2.75. The Labute approximate surface area is 123 Å². The highest BCUT2D eigenvalue weighted by Gasteiger charge is 2.37. The fraction of sp³-hybridized carbons (Fsp3) is 0.667. The topological polar surface area (TPSA) is 15.3 Å². The van der Waals surface area contributed by atoms with E-state index in [0.29, 0.717) is 6.04 Å². The summed E-state index contributed by atoms with van der Waals surface area (Å²) in [6, 6.07) is 12.4. The standard InChI is InChI=1S/C18H28N2/c1-2-11-19-18(16-6-4-3-5-7-16)10-12-20-14-15-8-9-17(20)13-15/h3-7,15,17-19H,2,8-14H2,1H3. The van der Waals surface area contributed by atoms with E-state index in [0.717, 1.165) is 18.5 Å². The Morgan fingerprint density at radius 3 is 2.75 bits per heavy atom. The van der Waals surface area contributed by atoms with Crippen LogP contribution in [0.15, 0.2) is 30.3 Å². The van der Waals surface area contributed by atoms with Gasteiger partial charge in [0.25, 0.3) is 0 Å². The lowest BCUT2D eigenvalue weighted by molar-refractivity contribution is 0.202. The number of fused-ring (bicyclic) bond motifs is 2. The minimum atomic E-state index is 0.523. The first kappa shape index (κ1) is 14.1. The van der Waals surface area contributed by atoms with E-state index in [1.165, 1.54) is 50.8 Å². The quantitative estimate of drug-likeness (QED) is 0.816. The van der Waals surface area contributed by atoms with E-state index in [1.54, 1.807) is 0 Å². The van der Waals surface area contributed by atoms with Crippen LogP contribution in [0.2, 0.25) is 0 Å². The summed E-state index contributed by atoms with van der Waals surface area (Å²) < 4.78 is 0. The van der Waals surface area contributed by atoms with E-state index < -0.39 is 0 Å². The lowest BCUT2D eigenvalue weighted by atomic mass is 10.0. The number of hydrogen-bond donors (Lipinski definition) is 1. The summed E-state index contributed by atoms with van der Waals surface area (Å²) >= 11 is 0. The van der Waals surface area contributed by atoms with Gasteiger partial charge in [0.1, 0.15) is 0 Å². The summed E-state index contributed by atoms with van der Waals surface area (Å²) in [5.41, 5.74) is 1.45. The molecule has 1 aliphatic heterocycles. The predicted octanol–water partition coefficient (Wildman–Crippen LogP) is 3.60. The molecule has 2 fully saturated rings. The molecule has 20 heavy (non-hydrogen) atoms. The zero-order valence-electron chi connectivity index (χ0n) is 12.7. The predicted molar refractivity (Wildman–Crippen MR) is 84.8 cm³/mol. The third kappa shape index (κ3) is 3.24. The maximum atomic E-state index is 3.73. The van der Waals surface area contributed by atoms with Gasteiger partial charge >= 0.3 is 0 Å². The molecule has 2 nitrogen and oxygen atoms in total. The fourth-order valence-corrected chi connectivity index (χ4v) is 3.99. The molecule has 3 atom stereocenters. The van der Waals surface area contributed by atoms with Crippen LogP contribution in [0, 0.1) is 5.92 Å². The van der Waals surface area contributed by atoms with Crippen molar-refractivity contribution in [1.29, 1.82) is 0 Å². The zero-order valence-corrected chi connectivity index (χ0v) is 12.7. The van der Waals surface area contributed by atoms with Crippen LogP contribution in [0.3, 0.4) is 0 Å². The summed E-state index contributed by atoms with van der Waals surface area (Å²) in [6.07, 6.45) is 6.85. The number of benzene rings is 1. The Balaban J connectivity index is 1.56. The van der Waals surface area contributed by atoms with Crippen molar-refractivity contribution in [3.05, 3.63) is 35.9 Å². The average molecular weight is 272 g/mol. The molecule has 1 N–H and O–H groups in total. The monoisotopic (exact) mass is 272 g/mol. The van der Waals surface area contributed by atoms with Gasteiger partial charge in [-0.3, -0.25) is 0 Å². The lowest BCUT2D eigenvalue weighted by Gasteiger charge is -2.29. The van der Waals surface area contributed by atoms with Crippen LogP contribution >= 0.6 is 0 Å². The van der Waals surface area contributed by atoms with Gasteiger partial charge in [-0.2, -0.15) is 0 Å². The second-order valence-electron chi connectivity index (χ2n) is 6.53. The molecule has 2 aliphatic rings. The van der Waals surface area contributed by atoms with E-state index in [9.17, 15) is 0 Å². The SMILES string of the molecule is CCCNC(CCN1CC2CCC1C2)c1ccccc1. The van der Waals surface area contributed by atoms with E-state index in [4.69, 9.17) is 0 Å². The van der Waals surface area contributed by atoms with Crippen LogP contribution in [0.1, 0.15) is 50.6 Å². The summed E-state index contributed by atoms with van der Waals surface area (Å²) in [5, 5.41) is 3.73. The first-order chi connectivity index (χ1) is 9.86. The first-order valence-electron chi connectivity index (χ1n) is 8.39. The number of nitrogens with one attached hydrogen (secondary N) is 1. The minimum absolute atomic E-state index is 0.523. The zero-order chi connectivity index (χ0) is 13.8. The van der Waals surface area contributed by atoms with Crippen molar-refractivity contribution in [2.24, 2.45) is 5.92 Å². The number of nitrogens with zero attached hydrogens (tertiary/aromatic N) is 1. The molecular weight excluding hydrogens is 244 g/mol. The van der Waals surface area contributed by atoms with Crippen LogP contribution in [-0.4, -0.2) is 30.6 Å². The Morgan fingerprint density at radius 1 is 1.25 bits per heavy atom. The highest BCUT2D eigenvalue weighted by Crippen LogP contribution is 2.37. The van der Waals surface area contributed by atoms with Gasteiger partial charge in [0.15, 0.2) is 0 Å². The number of likely N-dealkylation sites (tertiary alicyclic amines) is 1. The van der Waals surface area contributed by atoms with Gasteiger partial charge in [-0.25, -0.2) is 0 Å². The molecule has 0 aromatic heterocycles. The second kappa shape index (κ2) is 6.73. The molecule has 1 aromatic carbocycles. The number of rotatable bonds is 7. The van der Waals surface area contributed by atoms with Crippen LogP contribution in [0.25, 0.3) is 0 Å². The van der Waals surface area contributed by atoms with E-state index in [2.05, 4.69) is 47.5 Å². The molecule has 2 bridgehead atoms. The maximum Gasteiger partial charge on any atom is 0.0332 e. The molecule has 0 spiro atoms. The molecule has 110 valence electrons. The van der Waals surface area contributed by atoms with Crippen molar-refractivity contribution >= 4 is 0 Å². The molecule has 0 amide bonds. The normalized spacial score (nSPS) is 27.1. The Hall–Kier alpha value is -0.860. The van der Waals surface area contributed by atoms with Gasteiger partial charge in [-0.15, -0.1) is 0 Å². The van der Waals surface area contributed by atoms with Gasteiger partial charge < -0.3 is 10.2 Å². The molecular formula is C18H28N2. The van der Waals surface area contributed by atoms with Crippen LogP contribution < -0.4 is 5.32 Å². The molecule has 3 unspecified atom stereocenters. The minimum Gasteiger partial charge on any atom is -0.310 e. The Kier molecular flexibility index (Phi) is 4.74. The molecule has 1 saturated carbocycles. The van der Waals surface area contributed by atoms with Crippen molar-refractivity contribution in [1.82, 2.24) is 10.2 Å².